The Balaban J connectivity index is 1.62. The van der Waals surface area contributed by atoms with Crippen LogP contribution in [0.3, 0.4) is 0 Å². The molecule has 0 N–H and O–H groups in total. The second-order valence-corrected chi connectivity index (χ2v) is 8.29. The molecule has 2 saturated heterocycles. The molecule has 0 bridgehead atoms. The van der Waals surface area contributed by atoms with Gasteiger partial charge < -0.3 is 9.64 Å². The van der Waals surface area contributed by atoms with Gasteiger partial charge in [-0.05, 0) is 30.0 Å². The Morgan fingerprint density at radius 1 is 1.19 bits per heavy atom. The van der Waals surface area contributed by atoms with E-state index in [2.05, 4.69) is 4.98 Å². The van der Waals surface area contributed by atoms with Crippen LogP contribution in [-0.2, 0) is 31.1 Å². The number of hydrogen-bond acceptors (Lipinski definition) is 5. The monoisotopic (exact) mass is 421 g/mol. The van der Waals surface area contributed by atoms with Gasteiger partial charge in [-0.3, -0.25) is 24.3 Å². The standard InChI is InChI=1S/C24H27N3O4/c1-31-20-10-6-12-26(17-20)21(28)13-24(19-8-3-2-4-9-19)14-22(29)27(23(24)30)16-18-7-5-11-25-15-18/h2-5,7-9,11,15,20H,6,10,12-14,16-17H2,1H3/t20-,24+/m0/s1. The van der Waals surface area contributed by atoms with Gasteiger partial charge in [0.2, 0.25) is 17.7 Å². The number of aromatic nitrogens is 1. The molecule has 7 heteroatoms. The Kier molecular flexibility index (Phi) is 6.13. The lowest BCUT2D eigenvalue weighted by atomic mass is 9.75. The predicted molar refractivity (Wildman–Crippen MR) is 114 cm³/mol. The van der Waals surface area contributed by atoms with Gasteiger partial charge in [0.15, 0.2) is 0 Å². The number of piperidine rings is 1. The van der Waals surface area contributed by atoms with E-state index in [4.69, 9.17) is 4.74 Å². The molecule has 0 spiro atoms. The van der Waals surface area contributed by atoms with Crippen molar-refractivity contribution >= 4 is 17.7 Å². The summed E-state index contributed by atoms with van der Waals surface area (Å²) < 4.78 is 5.44. The van der Waals surface area contributed by atoms with E-state index in [1.165, 1.54) is 4.90 Å². The fourth-order valence-electron chi connectivity index (χ4n) is 4.58. The van der Waals surface area contributed by atoms with E-state index in [1.807, 2.05) is 36.4 Å². The third-order valence-electron chi connectivity index (χ3n) is 6.32. The maximum atomic E-state index is 13.7. The highest BCUT2D eigenvalue weighted by molar-refractivity contribution is 6.10. The molecule has 0 saturated carbocycles. The summed E-state index contributed by atoms with van der Waals surface area (Å²) in [6.45, 7) is 1.32. The Morgan fingerprint density at radius 3 is 2.71 bits per heavy atom. The summed E-state index contributed by atoms with van der Waals surface area (Å²) in [6, 6.07) is 12.8. The van der Waals surface area contributed by atoms with Crippen LogP contribution in [0.25, 0.3) is 0 Å². The Labute approximate surface area is 182 Å². The van der Waals surface area contributed by atoms with Gasteiger partial charge in [-0.15, -0.1) is 0 Å². The minimum absolute atomic E-state index is 0.00775. The van der Waals surface area contributed by atoms with Crippen molar-refractivity contribution in [1.29, 1.82) is 0 Å². The number of nitrogens with zero attached hydrogens (tertiary/aromatic N) is 3. The molecule has 3 amide bonds. The van der Waals surface area contributed by atoms with Crippen LogP contribution in [0, 0.1) is 0 Å². The summed E-state index contributed by atoms with van der Waals surface area (Å²) in [7, 11) is 1.65. The first-order chi connectivity index (χ1) is 15.0. The van der Waals surface area contributed by atoms with Crippen molar-refractivity contribution in [2.45, 2.75) is 43.7 Å². The van der Waals surface area contributed by atoms with E-state index in [0.717, 1.165) is 18.4 Å². The smallest absolute Gasteiger partial charge is 0.241 e. The Hall–Kier alpha value is -3.06. The third-order valence-corrected chi connectivity index (χ3v) is 6.32. The van der Waals surface area contributed by atoms with Crippen molar-refractivity contribution in [3.63, 3.8) is 0 Å². The summed E-state index contributed by atoms with van der Waals surface area (Å²) in [5.74, 6) is -0.699. The average molecular weight is 421 g/mol. The summed E-state index contributed by atoms with van der Waals surface area (Å²) in [6.07, 6.45) is 5.05. The molecule has 3 heterocycles. The fourth-order valence-corrected chi connectivity index (χ4v) is 4.58. The first-order valence-corrected chi connectivity index (χ1v) is 10.6. The topological polar surface area (TPSA) is 79.8 Å². The molecule has 2 aliphatic heterocycles. The lowest BCUT2D eigenvalue weighted by Gasteiger charge is -2.35. The molecule has 2 atom stereocenters. The van der Waals surface area contributed by atoms with E-state index in [0.29, 0.717) is 18.7 Å². The molecular formula is C24H27N3O4. The maximum absolute atomic E-state index is 13.7. The SMILES string of the molecule is CO[C@H]1CCCN(C(=O)C[C@]2(c3ccccc3)CC(=O)N(Cc3cccnc3)C2=O)C1. The number of methoxy groups -OCH3 is 1. The van der Waals surface area contributed by atoms with Gasteiger partial charge in [0.05, 0.1) is 18.1 Å². The zero-order chi connectivity index (χ0) is 21.8. The summed E-state index contributed by atoms with van der Waals surface area (Å²) in [4.78, 5) is 47.0. The van der Waals surface area contributed by atoms with Gasteiger partial charge in [-0.25, -0.2) is 0 Å². The average Bonchev–Trinajstić information content (AvgIpc) is 3.05. The van der Waals surface area contributed by atoms with Crippen molar-refractivity contribution in [1.82, 2.24) is 14.8 Å². The van der Waals surface area contributed by atoms with Gasteiger partial charge in [0.25, 0.3) is 0 Å². The molecule has 0 unspecified atom stereocenters. The third kappa shape index (κ3) is 4.23. The Bertz CT molecular complexity index is 950. The second-order valence-electron chi connectivity index (χ2n) is 8.29. The van der Waals surface area contributed by atoms with E-state index in [9.17, 15) is 14.4 Å². The number of benzene rings is 1. The van der Waals surface area contributed by atoms with Crippen LogP contribution in [0.1, 0.15) is 36.8 Å². The highest BCUT2D eigenvalue weighted by atomic mass is 16.5. The molecule has 0 radical (unpaired) electrons. The molecule has 7 nitrogen and oxygen atoms in total. The quantitative estimate of drug-likeness (QED) is 0.669. The van der Waals surface area contributed by atoms with Crippen molar-refractivity contribution < 1.29 is 19.1 Å². The van der Waals surface area contributed by atoms with Crippen LogP contribution in [0.5, 0.6) is 0 Å². The van der Waals surface area contributed by atoms with Gasteiger partial charge in [0.1, 0.15) is 0 Å². The number of amides is 3. The van der Waals surface area contributed by atoms with Gasteiger partial charge in [-0.1, -0.05) is 36.4 Å². The first-order valence-electron chi connectivity index (χ1n) is 10.6. The van der Waals surface area contributed by atoms with Crippen LogP contribution in [0.15, 0.2) is 54.9 Å². The number of hydrogen-bond donors (Lipinski definition) is 0. The van der Waals surface area contributed by atoms with Crippen LogP contribution in [0.2, 0.25) is 0 Å². The van der Waals surface area contributed by atoms with Gasteiger partial charge >= 0.3 is 0 Å². The molecule has 2 aromatic rings. The molecular weight excluding hydrogens is 394 g/mol. The zero-order valence-electron chi connectivity index (χ0n) is 17.7. The van der Waals surface area contributed by atoms with Crippen LogP contribution in [-0.4, -0.2) is 58.8 Å². The van der Waals surface area contributed by atoms with Gasteiger partial charge in [-0.2, -0.15) is 0 Å². The van der Waals surface area contributed by atoms with Gasteiger partial charge in [0, 0.05) is 45.4 Å². The fraction of sp³-hybridized carbons (Fsp3) is 0.417. The van der Waals surface area contributed by atoms with Crippen molar-refractivity contribution in [2.24, 2.45) is 0 Å². The lowest BCUT2D eigenvalue weighted by molar-refractivity contribution is -0.144. The summed E-state index contributed by atoms with van der Waals surface area (Å²) >= 11 is 0. The molecule has 2 aliphatic rings. The minimum atomic E-state index is -1.18. The van der Waals surface area contributed by atoms with E-state index < -0.39 is 5.41 Å². The molecule has 2 fully saturated rings. The highest BCUT2D eigenvalue weighted by Crippen LogP contribution is 2.41. The van der Waals surface area contributed by atoms with Crippen molar-refractivity contribution in [3.05, 3.63) is 66.0 Å². The van der Waals surface area contributed by atoms with E-state index in [-0.39, 0.29) is 43.2 Å². The number of carbonyl (C=O) groups is 3. The zero-order valence-corrected chi connectivity index (χ0v) is 17.7. The number of ether oxygens (including phenoxy) is 1. The highest BCUT2D eigenvalue weighted by Gasteiger charge is 2.54. The number of rotatable bonds is 6. The Morgan fingerprint density at radius 2 is 2.00 bits per heavy atom. The molecule has 1 aromatic heterocycles. The normalized spacial score (nSPS) is 24.0. The van der Waals surface area contributed by atoms with E-state index in [1.54, 1.807) is 30.5 Å². The number of imide groups is 1. The second kappa shape index (κ2) is 8.98. The molecule has 1 aromatic carbocycles. The van der Waals surface area contributed by atoms with Crippen molar-refractivity contribution in [2.75, 3.05) is 20.2 Å². The number of pyridine rings is 1. The number of carbonyl (C=O) groups excluding carboxylic acids is 3. The minimum Gasteiger partial charge on any atom is -0.380 e. The van der Waals surface area contributed by atoms with Crippen LogP contribution in [0.4, 0.5) is 0 Å². The largest absolute Gasteiger partial charge is 0.380 e. The number of likely N-dealkylation sites (tertiary alicyclic amines) is 2. The summed E-state index contributed by atoms with van der Waals surface area (Å²) in [5.41, 5.74) is 0.298. The van der Waals surface area contributed by atoms with E-state index >= 15 is 0 Å². The van der Waals surface area contributed by atoms with Crippen LogP contribution >= 0.6 is 0 Å². The molecule has 31 heavy (non-hydrogen) atoms. The molecule has 0 aliphatic carbocycles. The predicted octanol–water partition coefficient (Wildman–Crippen LogP) is 2.31. The first kappa shape index (κ1) is 21.2. The molecule has 4 rings (SSSR count). The maximum Gasteiger partial charge on any atom is 0.241 e. The molecule has 162 valence electrons. The van der Waals surface area contributed by atoms with Crippen LogP contribution < -0.4 is 0 Å². The van der Waals surface area contributed by atoms with Crippen molar-refractivity contribution in [3.8, 4) is 0 Å². The summed E-state index contributed by atoms with van der Waals surface area (Å²) in [5, 5.41) is 0. The lowest BCUT2D eigenvalue weighted by Crippen LogP contribution is -2.47.